The van der Waals surface area contributed by atoms with Crippen molar-refractivity contribution in [1.29, 1.82) is 0 Å². The summed E-state index contributed by atoms with van der Waals surface area (Å²) in [6.45, 7) is 5.78. The van der Waals surface area contributed by atoms with Crippen LogP contribution in [0.3, 0.4) is 0 Å². The normalized spacial score (nSPS) is 19.7. The molecule has 1 atom stereocenters. The molecule has 1 aliphatic heterocycles. The van der Waals surface area contributed by atoms with Crippen LogP contribution in [0.2, 0.25) is 0 Å². The number of nitrogens with zero attached hydrogens (tertiary/aromatic N) is 3. The fraction of sp³-hybridized carbons (Fsp3) is 0.615. The molecule has 1 unspecified atom stereocenters. The van der Waals surface area contributed by atoms with Gasteiger partial charge in [0.05, 0.1) is 12.5 Å². The molecule has 0 aromatic carbocycles. The van der Waals surface area contributed by atoms with E-state index in [9.17, 15) is 4.79 Å². The minimum absolute atomic E-state index is 0.0530. The Morgan fingerprint density at radius 3 is 3.17 bits per heavy atom. The van der Waals surface area contributed by atoms with E-state index in [1.54, 1.807) is 6.20 Å². The fourth-order valence-corrected chi connectivity index (χ4v) is 2.20. The van der Waals surface area contributed by atoms with Gasteiger partial charge in [-0.1, -0.05) is 0 Å². The molecule has 0 amide bonds. The maximum absolute atomic E-state index is 11.8. The van der Waals surface area contributed by atoms with Crippen LogP contribution in [0.4, 0.5) is 5.95 Å². The van der Waals surface area contributed by atoms with Crippen LogP contribution in [-0.4, -0.2) is 35.6 Å². The number of piperidine rings is 1. The number of aryl methyl sites for hydroxylation is 1. The third-order valence-corrected chi connectivity index (χ3v) is 3.11. The molecule has 2 heterocycles. The van der Waals surface area contributed by atoms with Crippen molar-refractivity contribution < 1.29 is 9.53 Å². The Morgan fingerprint density at radius 1 is 1.61 bits per heavy atom. The van der Waals surface area contributed by atoms with Gasteiger partial charge in [-0.2, -0.15) is 0 Å². The highest BCUT2D eigenvalue weighted by atomic mass is 16.5. The third kappa shape index (κ3) is 2.97. The maximum atomic E-state index is 11.8. The highest BCUT2D eigenvalue weighted by Crippen LogP contribution is 2.21. The van der Waals surface area contributed by atoms with E-state index in [0.29, 0.717) is 19.1 Å². The molecule has 0 spiro atoms. The molecule has 0 aliphatic carbocycles. The number of hydrogen-bond donors (Lipinski definition) is 0. The van der Waals surface area contributed by atoms with Crippen LogP contribution in [-0.2, 0) is 9.53 Å². The first-order valence-corrected chi connectivity index (χ1v) is 6.42. The van der Waals surface area contributed by atoms with Crippen molar-refractivity contribution in [3.05, 3.63) is 18.0 Å². The lowest BCUT2D eigenvalue weighted by molar-refractivity contribution is -0.148. The lowest BCUT2D eigenvalue weighted by atomic mass is 9.98. The first kappa shape index (κ1) is 12.8. The maximum Gasteiger partial charge on any atom is 0.310 e. The minimum atomic E-state index is -0.102. The van der Waals surface area contributed by atoms with Gasteiger partial charge in [0.1, 0.15) is 0 Å². The van der Waals surface area contributed by atoms with Crippen molar-refractivity contribution in [3.63, 3.8) is 0 Å². The molecular formula is C13H19N3O2. The Bertz CT molecular complexity index is 422. The standard InChI is InChI=1S/C13H19N3O2/c1-3-18-12(17)11-5-4-8-16(9-11)13-14-7-6-10(2)15-13/h6-7,11H,3-5,8-9H2,1-2H3. The average Bonchev–Trinajstić information content (AvgIpc) is 2.39. The number of carbonyl (C=O) groups excluding carboxylic acids is 1. The van der Waals surface area contributed by atoms with Gasteiger partial charge in [-0.15, -0.1) is 0 Å². The Kier molecular flexibility index (Phi) is 4.12. The quantitative estimate of drug-likeness (QED) is 0.761. The average molecular weight is 249 g/mol. The van der Waals surface area contributed by atoms with E-state index in [2.05, 4.69) is 14.9 Å². The topological polar surface area (TPSA) is 55.3 Å². The molecule has 0 radical (unpaired) electrons. The highest BCUT2D eigenvalue weighted by Gasteiger charge is 2.27. The first-order chi connectivity index (χ1) is 8.70. The van der Waals surface area contributed by atoms with Crippen LogP contribution in [0.15, 0.2) is 12.3 Å². The molecule has 0 N–H and O–H groups in total. The van der Waals surface area contributed by atoms with Gasteiger partial charge in [-0.25, -0.2) is 9.97 Å². The van der Waals surface area contributed by atoms with E-state index < -0.39 is 0 Å². The Balaban J connectivity index is 2.04. The van der Waals surface area contributed by atoms with Gasteiger partial charge in [0.15, 0.2) is 0 Å². The zero-order valence-corrected chi connectivity index (χ0v) is 10.9. The van der Waals surface area contributed by atoms with Gasteiger partial charge in [0, 0.05) is 25.0 Å². The van der Waals surface area contributed by atoms with Gasteiger partial charge in [0.25, 0.3) is 0 Å². The summed E-state index contributed by atoms with van der Waals surface area (Å²) >= 11 is 0. The van der Waals surface area contributed by atoms with E-state index in [1.807, 2.05) is 19.9 Å². The third-order valence-electron chi connectivity index (χ3n) is 3.11. The van der Waals surface area contributed by atoms with Crippen molar-refractivity contribution in [2.75, 3.05) is 24.6 Å². The summed E-state index contributed by atoms with van der Waals surface area (Å²) in [5.41, 5.74) is 0.943. The summed E-state index contributed by atoms with van der Waals surface area (Å²) in [5, 5.41) is 0. The largest absolute Gasteiger partial charge is 0.466 e. The van der Waals surface area contributed by atoms with Crippen molar-refractivity contribution in [2.24, 2.45) is 5.92 Å². The number of anilines is 1. The van der Waals surface area contributed by atoms with E-state index in [-0.39, 0.29) is 11.9 Å². The van der Waals surface area contributed by atoms with E-state index >= 15 is 0 Å². The van der Waals surface area contributed by atoms with E-state index in [0.717, 1.165) is 25.1 Å². The molecule has 1 fully saturated rings. The van der Waals surface area contributed by atoms with Crippen LogP contribution in [0, 0.1) is 12.8 Å². The van der Waals surface area contributed by atoms with Gasteiger partial charge in [-0.05, 0) is 32.8 Å². The van der Waals surface area contributed by atoms with Crippen molar-refractivity contribution in [1.82, 2.24) is 9.97 Å². The predicted octanol–water partition coefficient (Wildman–Crippen LogP) is 1.56. The summed E-state index contributed by atoms with van der Waals surface area (Å²) in [6.07, 6.45) is 3.62. The van der Waals surface area contributed by atoms with Crippen LogP contribution in [0.5, 0.6) is 0 Å². The lowest BCUT2D eigenvalue weighted by Crippen LogP contribution is -2.40. The fourth-order valence-electron chi connectivity index (χ4n) is 2.20. The Morgan fingerprint density at radius 2 is 2.44 bits per heavy atom. The monoisotopic (exact) mass is 249 g/mol. The van der Waals surface area contributed by atoms with Crippen molar-refractivity contribution in [3.8, 4) is 0 Å². The number of esters is 1. The number of aromatic nitrogens is 2. The van der Waals surface area contributed by atoms with E-state index in [4.69, 9.17) is 4.74 Å². The highest BCUT2D eigenvalue weighted by molar-refractivity contribution is 5.73. The SMILES string of the molecule is CCOC(=O)C1CCCN(c2nccc(C)n2)C1. The smallest absolute Gasteiger partial charge is 0.310 e. The molecular weight excluding hydrogens is 230 g/mol. The second-order valence-electron chi connectivity index (χ2n) is 4.54. The second-order valence-corrected chi connectivity index (χ2v) is 4.54. The first-order valence-electron chi connectivity index (χ1n) is 6.42. The number of hydrogen-bond acceptors (Lipinski definition) is 5. The van der Waals surface area contributed by atoms with E-state index in [1.165, 1.54) is 0 Å². The number of carbonyl (C=O) groups is 1. The second kappa shape index (κ2) is 5.80. The molecule has 5 heteroatoms. The molecule has 2 rings (SSSR count). The number of rotatable bonds is 3. The van der Waals surface area contributed by atoms with Gasteiger partial charge < -0.3 is 9.64 Å². The molecule has 1 aliphatic rings. The van der Waals surface area contributed by atoms with Gasteiger partial charge in [-0.3, -0.25) is 4.79 Å². The summed E-state index contributed by atoms with van der Waals surface area (Å²) in [7, 11) is 0. The Labute approximate surface area is 107 Å². The van der Waals surface area contributed by atoms with Crippen LogP contribution in [0.25, 0.3) is 0 Å². The molecule has 1 saturated heterocycles. The number of ether oxygens (including phenoxy) is 1. The molecule has 98 valence electrons. The Hall–Kier alpha value is -1.65. The van der Waals surface area contributed by atoms with Crippen molar-refractivity contribution >= 4 is 11.9 Å². The van der Waals surface area contributed by atoms with Gasteiger partial charge >= 0.3 is 5.97 Å². The summed E-state index contributed by atoms with van der Waals surface area (Å²) in [6, 6.07) is 1.87. The van der Waals surface area contributed by atoms with Crippen LogP contribution in [0.1, 0.15) is 25.5 Å². The zero-order chi connectivity index (χ0) is 13.0. The molecule has 1 aromatic heterocycles. The van der Waals surface area contributed by atoms with Crippen LogP contribution < -0.4 is 4.90 Å². The van der Waals surface area contributed by atoms with Gasteiger partial charge in [0.2, 0.25) is 5.95 Å². The minimum Gasteiger partial charge on any atom is -0.466 e. The zero-order valence-electron chi connectivity index (χ0n) is 10.9. The molecule has 1 aromatic rings. The molecule has 5 nitrogen and oxygen atoms in total. The molecule has 0 bridgehead atoms. The molecule has 18 heavy (non-hydrogen) atoms. The summed E-state index contributed by atoms with van der Waals surface area (Å²) in [4.78, 5) is 22.5. The lowest BCUT2D eigenvalue weighted by Gasteiger charge is -2.31. The molecule has 0 saturated carbocycles. The van der Waals surface area contributed by atoms with Crippen molar-refractivity contribution in [2.45, 2.75) is 26.7 Å². The summed E-state index contributed by atoms with van der Waals surface area (Å²) in [5.74, 6) is 0.557. The summed E-state index contributed by atoms with van der Waals surface area (Å²) < 4.78 is 5.08. The predicted molar refractivity (Wildman–Crippen MR) is 68.3 cm³/mol. The van der Waals surface area contributed by atoms with Crippen LogP contribution >= 0.6 is 0 Å².